The van der Waals surface area contributed by atoms with Crippen molar-refractivity contribution in [1.82, 2.24) is 5.32 Å². The highest BCUT2D eigenvalue weighted by atomic mass is 79.9. The van der Waals surface area contributed by atoms with E-state index in [1.807, 2.05) is 12.1 Å². The Labute approximate surface area is 151 Å². The Morgan fingerprint density at radius 2 is 1.71 bits per heavy atom. The molecule has 0 bridgehead atoms. The number of rotatable bonds is 7. The summed E-state index contributed by atoms with van der Waals surface area (Å²) in [7, 11) is 0. The lowest BCUT2D eigenvalue weighted by Gasteiger charge is -2.15. The predicted molar refractivity (Wildman–Crippen MR) is 97.5 cm³/mol. The minimum absolute atomic E-state index is 0.0555. The van der Waals surface area contributed by atoms with Crippen molar-refractivity contribution >= 4 is 21.8 Å². The summed E-state index contributed by atoms with van der Waals surface area (Å²) < 4.78 is 14.4. The van der Waals surface area contributed by atoms with Gasteiger partial charge in [-0.05, 0) is 37.6 Å². The number of benzene rings is 2. The number of carbonyl (C=O) groups is 1. The van der Waals surface area contributed by atoms with Crippen LogP contribution in [0.5, 0.6) is 0 Å². The molecule has 0 saturated carbocycles. The summed E-state index contributed by atoms with van der Waals surface area (Å²) >= 11 is 3.18. The zero-order valence-corrected chi connectivity index (χ0v) is 15.6. The fourth-order valence-electron chi connectivity index (χ4n) is 2.51. The van der Waals surface area contributed by atoms with Gasteiger partial charge in [0, 0.05) is 16.6 Å². The van der Waals surface area contributed by atoms with Crippen LogP contribution >= 0.6 is 15.9 Å². The van der Waals surface area contributed by atoms with Gasteiger partial charge in [0.25, 0.3) is 5.91 Å². The Morgan fingerprint density at radius 3 is 2.29 bits per heavy atom. The van der Waals surface area contributed by atoms with Crippen molar-refractivity contribution in [2.45, 2.75) is 26.9 Å². The third-order valence-electron chi connectivity index (χ3n) is 4.11. The van der Waals surface area contributed by atoms with Gasteiger partial charge in [-0.25, -0.2) is 4.39 Å². The maximum absolute atomic E-state index is 13.8. The van der Waals surface area contributed by atoms with E-state index in [1.165, 1.54) is 22.6 Å². The van der Waals surface area contributed by atoms with E-state index in [9.17, 15) is 9.18 Å². The second-order valence-electron chi connectivity index (χ2n) is 5.76. The molecular weight excluding hydrogens is 371 g/mol. The third-order valence-corrected chi connectivity index (χ3v) is 4.60. The molecule has 5 heteroatoms. The number of nitrogens with one attached hydrogen (secondary N) is 2. The first kappa shape index (κ1) is 18.6. The summed E-state index contributed by atoms with van der Waals surface area (Å²) in [5, 5.41) is 2.76. The molecule has 128 valence electrons. The van der Waals surface area contributed by atoms with Gasteiger partial charge in [-0.2, -0.15) is 0 Å². The topological polar surface area (TPSA) is 33.5 Å². The summed E-state index contributed by atoms with van der Waals surface area (Å²) in [6, 6.07) is 12.6. The molecule has 0 heterocycles. The van der Waals surface area contributed by atoms with Gasteiger partial charge in [0.05, 0.1) is 18.7 Å². The van der Waals surface area contributed by atoms with Crippen LogP contribution in [0.25, 0.3) is 0 Å². The van der Waals surface area contributed by atoms with Gasteiger partial charge in [-0.3, -0.25) is 4.79 Å². The fourth-order valence-corrected chi connectivity index (χ4v) is 2.85. The smallest absolute Gasteiger partial charge is 0.254 e. The van der Waals surface area contributed by atoms with Gasteiger partial charge in [0.15, 0.2) is 0 Å². The summed E-state index contributed by atoms with van der Waals surface area (Å²) in [4.78, 5) is 13.6. The summed E-state index contributed by atoms with van der Waals surface area (Å²) in [6.07, 6.45) is 0. The van der Waals surface area contributed by atoms with Gasteiger partial charge in [-0.15, -0.1) is 0 Å². The van der Waals surface area contributed by atoms with E-state index in [1.54, 1.807) is 6.07 Å². The molecule has 0 fully saturated rings. The zero-order chi connectivity index (χ0) is 17.5. The molecule has 0 spiro atoms. The average Bonchev–Trinajstić information content (AvgIpc) is 2.58. The lowest BCUT2D eigenvalue weighted by Crippen LogP contribution is -3.10. The van der Waals surface area contributed by atoms with E-state index < -0.39 is 11.7 Å². The molecule has 0 saturated heterocycles. The fraction of sp³-hybridized carbons (Fsp3) is 0.316. The third kappa shape index (κ3) is 5.14. The molecule has 2 N–H and O–H groups in total. The van der Waals surface area contributed by atoms with Gasteiger partial charge in [-0.1, -0.05) is 40.2 Å². The van der Waals surface area contributed by atoms with Crippen LogP contribution < -0.4 is 10.2 Å². The summed E-state index contributed by atoms with van der Waals surface area (Å²) in [6.45, 7) is 7.96. The number of quaternary nitrogens is 1. The molecule has 0 aromatic heterocycles. The highest BCUT2D eigenvalue weighted by Gasteiger charge is 2.11. The minimum Gasteiger partial charge on any atom is -0.348 e. The van der Waals surface area contributed by atoms with E-state index in [4.69, 9.17) is 0 Å². The van der Waals surface area contributed by atoms with Crippen molar-refractivity contribution in [3.05, 3.63) is 69.4 Å². The Balaban J connectivity index is 1.93. The Kier molecular flexibility index (Phi) is 6.94. The van der Waals surface area contributed by atoms with Crippen LogP contribution in [0.2, 0.25) is 0 Å². The zero-order valence-electron chi connectivity index (χ0n) is 14.0. The lowest BCUT2D eigenvalue weighted by atomic mass is 10.1. The van der Waals surface area contributed by atoms with Gasteiger partial charge in [0.2, 0.25) is 0 Å². The quantitative estimate of drug-likeness (QED) is 0.744. The van der Waals surface area contributed by atoms with E-state index in [0.29, 0.717) is 11.0 Å². The maximum atomic E-state index is 13.8. The van der Waals surface area contributed by atoms with Crippen molar-refractivity contribution in [3.8, 4) is 0 Å². The highest BCUT2D eigenvalue weighted by molar-refractivity contribution is 9.10. The molecule has 2 rings (SSSR count). The lowest BCUT2D eigenvalue weighted by molar-refractivity contribution is -0.910. The molecule has 0 aliphatic heterocycles. The Hall–Kier alpha value is -1.72. The summed E-state index contributed by atoms with van der Waals surface area (Å²) in [5.74, 6) is -0.934. The second kappa shape index (κ2) is 8.94. The van der Waals surface area contributed by atoms with Crippen molar-refractivity contribution in [3.63, 3.8) is 0 Å². The summed E-state index contributed by atoms with van der Waals surface area (Å²) in [5.41, 5.74) is 2.34. The predicted octanol–water partition coefficient (Wildman–Crippen LogP) is 2.94. The Morgan fingerprint density at radius 1 is 1.08 bits per heavy atom. The van der Waals surface area contributed by atoms with Crippen LogP contribution in [-0.2, 0) is 13.1 Å². The van der Waals surface area contributed by atoms with E-state index >= 15 is 0 Å². The maximum Gasteiger partial charge on any atom is 0.254 e. The minimum atomic E-state index is -0.528. The molecule has 2 aromatic rings. The monoisotopic (exact) mass is 393 g/mol. The first-order chi connectivity index (χ1) is 11.5. The van der Waals surface area contributed by atoms with E-state index in [0.717, 1.165) is 25.2 Å². The average molecular weight is 394 g/mol. The number of hydrogen-bond acceptors (Lipinski definition) is 1. The van der Waals surface area contributed by atoms with Crippen LogP contribution in [-0.4, -0.2) is 19.0 Å². The first-order valence-electron chi connectivity index (χ1n) is 8.18. The van der Waals surface area contributed by atoms with Gasteiger partial charge >= 0.3 is 0 Å². The van der Waals surface area contributed by atoms with Crippen LogP contribution in [0.4, 0.5) is 4.39 Å². The molecule has 0 aliphatic rings. The van der Waals surface area contributed by atoms with Crippen LogP contribution in [0, 0.1) is 5.82 Å². The number of halogens is 2. The van der Waals surface area contributed by atoms with Crippen molar-refractivity contribution < 1.29 is 14.1 Å². The molecule has 0 atom stereocenters. The van der Waals surface area contributed by atoms with E-state index in [-0.39, 0.29) is 5.56 Å². The van der Waals surface area contributed by atoms with E-state index in [2.05, 4.69) is 47.2 Å². The first-order valence-corrected chi connectivity index (χ1v) is 8.97. The standard InChI is InChI=1S/C19H22BrFN2O/c1-3-23(4-2)13-15-7-5-14(6-8-15)12-22-19(24)17-10-9-16(20)11-18(17)21/h5-11H,3-4,12-13H2,1-2H3,(H,22,24)/p+1. The SMILES string of the molecule is CC[NH+](CC)Cc1ccc(CNC(=O)c2ccc(Br)cc2F)cc1. The van der Waals surface area contributed by atoms with Crippen molar-refractivity contribution in [1.29, 1.82) is 0 Å². The number of amides is 1. The van der Waals surface area contributed by atoms with Crippen molar-refractivity contribution in [2.24, 2.45) is 0 Å². The number of hydrogen-bond donors (Lipinski definition) is 2. The molecule has 24 heavy (non-hydrogen) atoms. The molecule has 0 aliphatic carbocycles. The largest absolute Gasteiger partial charge is 0.348 e. The van der Waals surface area contributed by atoms with Crippen molar-refractivity contribution in [2.75, 3.05) is 13.1 Å². The number of carbonyl (C=O) groups excluding carboxylic acids is 1. The molecular formula is C19H23BrFN2O+. The van der Waals surface area contributed by atoms with Crippen LogP contribution in [0.3, 0.4) is 0 Å². The van der Waals surface area contributed by atoms with Gasteiger partial charge < -0.3 is 10.2 Å². The molecule has 0 radical (unpaired) electrons. The van der Waals surface area contributed by atoms with Gasteiger partial charge in [0.1, 0.15) is 12.4 Å². The molecule has 2 aromatic carbocycles. The van der Waals surface area contributed by atoms with Crippen LogP contribution in [0.1, 0.15) is 35.3 Å². The van der Waals surface area contributed by atoms with Crippen LogP contribution in [0.15, 0.2) is 46.9 Å². The Bertz CT molecular complexity index is 684. The molecule has 3 nitrogen and oxygen atoms in total. The second-order valence-corrected chi connectivity index (χ2v) is 6.67. The highest BCUT2D eigenvalue weighted by Crippen LogP contribution is 2.15. The molecule has 1 amide bonds. The normalized spacial score (nSPS) is 10.9. The molecule has 0 unspecified atom stereocenters.